The van der Waals surface area contributed by atoms with Crippen molar-refractivity contribution in [3.8, 4) is 0 Å². The third-order valence-corrected chi connectivity index (χ3v) is 2.10. The second kappa shape index (κ2) is 5.36. The number of carbonyl (C=O) groups excluding carboxylic acids is 2. The second-order valence-electron chi connectivity index (χ2n) is 2.99. The predicted molar refractivity (Wildman–Crippen MR) is 58.7 cm³/mol. The molecule has 1 aromatic carbocycles. The molecule has 0 heterocycles. The fraction of sp³-hybridized carbons (Fsp3) is 0.200. The number of carbonyl (C=O) groups is 2. The fourth-order valence-electron chi connectivity index (χ4n) is 1.08. The Morgan fingerprint density at radius 3 is 2.80 bits per heavy atom. The monoisotopic (exact) mass is 226 g/mol. The summed E-state index contributed by atoms with van der Waals surface area (Å²) in [6.45, 7) is 1.88. The summed E-state index contributed by atoms with van der Waals surface area (Å²) in [5, 5.41) is 5.57. The summed E-state index contributed by atoms with van der Waals surface area (Å²) in [7, 11) is 0. The van der Waals surface area contributed by atoms with E-state index in [1.807, 2.05) is 0 Å². The molecule has 0 unspecified atom stereocenters. The first kappa shape index (κ1) is 11.5. The van der Waals surface area contributed by atoms with Gasteiger partial charge >= 0.3 is 0 Å². The number of anilines is 1. The molecule has 2 N–H and O–H groups in total. The highest BCUT2D eigenvalue weighted by Gasteiger charge is 2.01. The van der Waals surface area contributed by atoms with Gasteiger partial charge in [-0.3, -0.25) is 9.59 Å². The molecule has 0 saturated carbocycles. The van der Waals surface area contributed by atoms with Crippen LogP contribution in [0.2, 0.25) is 5.02 Å². The van der Waals surface area contributed by atoms with Crippen LogP contribution >= 0.6 is 11.6 Å². The standard InChI is InChI=1S/C10H11ClN2O2/c1-7(15)12-5-8-2-3-10(13-6-14)9(11)4-8/h2-4,6H,5H2,1H3,(H,12,15)(H,13,14). The number of hydrogen-bond acceptors (Lipinski definition) is 2. The molecule has 0 fully saturated rings. The summed E-state index contributed by atoms with van der Waals surface area (Å²) in [6, 6.07) is 5.17. The summed E-state index contributed by atoms with van der Waals surface area (Å²) in [6.07, 6.45) is 0.564. The van der Waals surface area contributed by atoms with E-state index in [1.165, 1.54) is 6.92 Å². The molecular weight excluding hydrogens is 216 g/mol. The lowest BCUT2D eigenvalue weighted by Gasteiger charge is -2.06. The van der Waals surface area contributed by atoms with E-state index >= 15 is 0 Å². The van der Waals surface area contributed by atoms with Gasteiger partial charge in [0, 0.05) is 13.5 Å². The van der Waals surface area contributed by atoms with Crippen molar-refractivity contribution in [2.45, 2.75) is 13.5 Å². The normalized spacial score (nSPS) is 9.47. The fourth-order valence-corrected chi connectivity index (χ4v) is 1.33. The molecule has 0 atom stereocenters. The first-order valence-electron chi connectivity index (χ1n) is 4.36. The van der Waals surface area contributed by atoms with Crippen molar-refractivity contribution in [1.29, 1.82) is 0 Å². The summed E-state index contributed by atoms with van der Waals surface area (Å²) in [5.41, 5.74) is 1.44. The quantitative estimate of drug-likeness (QED) is 0.766. The Balaban J connectivity index is 2.72. The Morgan fingerprint density at radius 2 is 2.27 bits per heavy atom. The van der Waals surface area contributed by atoms with Crippen LogP contribution in [-0.4, -0.2) is 12.3 Å². The van der Waals surface area contributed by atoms with Gasteiger partial charge in [0.25, 0.3) is 0 Å². The molecule has 1 rings (SSSR count). The third-order valence-electron chi connectivity index (χ3n) is 1.79. The van der Waals surface area contributed by atoms with Gasteiger partial charge in [0.2, 0.25) is 12.3 Å². The molecule has 0 aliphatic heterocycles. The van der Waals surface area contributed by atoms with Crippen molar-refractivity contribution in [3.05, 3.63) is 28.8 Å². The molecule has 4 nitrogen and oxygen atoms in total. The maximum absolute atomic E-state index is 10.7. The van der Waals surface area contributed by atoms with E-state index in [9.17, 15) is 9.59 Å². The molecule has 0 aliphatic carbocycles. The first-order chi connectivity index (χ1) is 7.13. The van der Waals surface area contributed by atoms with E-state index in [0.717, 1.165) is 5.56 Å². The molecule has 80 valence electrons. The maximum atomic E-state index is 10.7. The molecule has 15 heavy (non-hydrogen) atoms. The van der Waals surface area contributed by atoms with Crippen LogP contribution in [0.1, 0.15) is 12.5 Å². The minimum Gasteiger partial charge on any atom is -0.352 e. The Kier molecular flexibility index (Phi) is 4.12. The second-order valence-corrected chi connectivity index (χ2v) is 3.39. The van der Waals surface area contributed by atoms with Crippen LogP contribution in [-0.2, 0) is 16.1 Å². The molecule has 0 aliphatic rings. The highest BCUT2D eigenvalue weighted by molar-refractivity contribution is 6.33. The predicted octanol–water partition coefficient (Wildman–Crippen LogP) is 1.54. The van der Waals surface area contributed by atoms with Crippen molar-refractivity contribution in [1.82, 2.24) is 5.32 Å². The topological polar surface area (TPSA) is 58.2 Å². The van der Waals surface area contributed by atoms with E-state index in [-0.39, 0.29) is 5.91 Å². The van der Waals surface area contributed by atoms with E-state index in [1.54, 1.807) is 18.2 Å². The van der Waals surface area contributed by atoms with Crippen molar-refractivity contribution < 1.29 is 9.59 Å². The van der Waals surface area contributed by atoms with Crippen LogP contribution in [0.25, 0.3) is 0 Å². The van der Waals surface area contributed by atoms with Gasteiger partial charge in [0.05, 0.1) is 10.7 Å². The number of benzene rings is 1. The molecule has 2 amide bonds. The average molecular weight is 227 g/mol. The molecule has 0 radical (unpaired) electrons. The van der Waals surface area contributed by atoms with Crippen molar-refractivity contribution >= 4 is 29.6 Å². The number of rotatable bonds is 4. The van der Waals surface area contributed by atoms with Gasteiger partial charge in [0.1, 0.15) is 0 Å². The molecule has 0 saturated heterocycles. The van der Waals surface area contributed by atoms with Gasteiger partial charge in [-0.2, -0.15) is 0 Å². The van der Waals surface area contributed by atoms with E-state index in [4.69, 9.17) is 11.6 Å². The van der Waals surface area contributed by atoms with Gasteiger partial charge in [0.15, 0.2) is 0 Å². The lowest BCUT2D eigenvalue weighted by Crippen LogP contribution is -2.18. The van der Waals surface area contributed by atoms with Crippen LogP contribution in [0, 0.1) is 0 Å². The summed E-state index contributed by atoms with van der Waals surface area (Å²) < 4.78 is 0. The molecular formula is C10H11ClN2O2. The van der Waals surface area contributed by atoms with Crippen LogP contribution in [0.5, 0.6) is 0 Å². The maximum Gasteiger partial charge on any atom is 0.217 e. The lowest BCUT2D eigenvalue weighted by atomic mass is 10.2. The Morgan fingerprint density at radius 1 is 1.53 bits per heavy atom. The SMILES string of the molecule is CC(=O)NCc1ccc(NC=O)c(Cl)c1. The van der Waals surface area contributed by atoms with Crippen LogP contribution in [0.15, 0.2) is 18.2 Å². The highest BCUT2D eigenvalue weighted by Crippen LogP contribution is 2.22. The van der Waals surface area contributed by atoms with Crippen LogP contribution in [0.3, 0.4) is 0 Å². The number of nitrogens with one attached hydrogen (secondary N) is 2. The molecule has 0 bridgehead atoms. The minimum absolute atomic E-state index is 0.0961. The van der Waals surface area contributed by atoms with Crippen molar-refractivity contribution in [2.75, 3.05) is 5.32 Å². The van der Waals surface area contributed by atoms with Crippen molar-refractivity contribution in [3.63, 3.8) is 0 Å². The Bertz CT molecular complexity index is 380. The van der Waals surface area contributed by atoms with Gasteiger partial charge in [-0.15, -0.1) is 0 Å². The van der Waals surface area contributed by atoms with Crippen molar-refractivity contribution in [2.24, 2.45) is 0 Å². The summed E-state index contributed by atoms with van der Waals surface area (Å²) in [4.78, 5) is 20.9. The van der Waals surface area contributed by atoms with Gasteiger partial charge in [-0.05, 0) is 17.7 Å². The van der Waals surface area contributed by atoms with E-state index < -0.39 is 0 Å². The lowest BCUT2D eigenvalue weighted by molar-refractivity contribution is -0.119. The zero-order valence-electron chi connectivity index (χ0n) is 8.21. The Hall–Kier alpha value is -1.55. The first-order valence-corrected chi connectivity index (χ1v) is 4.74. The van der Waals surface area contributed by atoms with E-state index in [0.29, 0.717) is 23.7 Å². The number of hydrogen-bond donors (Lipinski definition) is 2. The molecule has 0 aromatic heterocycles. The van der Waals surface area contributed by atoms with E-state index in [2.05, 4.69) is 10.6 Å². The van der Waals surface area contributed by atoms with Crippen LogP contribution in [0.4, 0.5) is 5.69 Å². The van der Waals surface area contributed by atoms with Gasteiger partial charge in [-0.25, -0.2) is 0 Å². The molecule has 0 spiro atoms. The average Bonchev–Trinajstić information content (AvgIpc) is 2.19. The Labute approximate surface area is 92.6 Å². The summed E-state index contributed by atoms with van der Waals surface area (Å²) in [5.74, 6) is -0.0961. The highest BCUT2D eigenvalue weighted by atomic mass is 35.5. The zero-order chi connectivity index (χ0) is 11.3. The minimum atomic E-state index is -0.0961. The van der Waals surface area contributed by atoms with Gasteiger partial charge < -0.3 is 10.6 Å². The third kappa shape index (κ3) is 3.59. The van der Waals surface area contributed by atoms with Crippen LogP contribution < -0.4 is 10.6 Å². The van der Waals surface area contributed by atoms with Gasteiger partial charge in [-0.1, -0.05) is 17.7 Å². The number of amides is 2. The molecule has 1 aromatic rings. The molecule has 5 heteroatoms. The largest absolute Gasteiger partial charge is 0.352 e. The summed E-state index contributed by atoms with van der Waals surface area (Å²) >= 11 is 5.89. The zero-order valence-corrected chi connectivity index (χ0v) is 8.97. The smallest absolute Gasteiger partial charge is 0.217 e. The number of halogens is 1.